The first kappa shape index (κ1) is 20.2. The number of pyridine rings is 1. The number of H-pyrrole nitrogens is 1. The summed E-state index contributed by atoms with van der Waals surface area (Å²) in [5, 5.41) is 24.4. The van der Waals surface area contributed by atoms with Crippen LogP contribution in [0.3, 0.4) is 0 Å². The molecule has 1 aliphatic carbocycles. The molecule has 0 atom stereocenters. The molecule has 1 fully saturated rings. The van der Waals surface area contributed by atoms with Crippen LogP contribution in [0.5, 0.6) is 5.75 Å². The van der Waals surface area contributed by atoms with Gasteiger partial charge in [-0.05, 0) is 55.0 Å². The molecule has 4 rings (SSSR count). The first-order chi connectivity index (χ1) is 14.3. The quantitative estimate of drug-likeness (QED) is 0.477. The Balaban J connectivity index is 1.77. The predicted octanol–water partition coefficient (Wildman–Crippen LogP) is 3.56. The van der Waals surface area contributed by atoms with Crippen molar-refractivity contribution in [3.63, 3.8) is 0 Å². The van der Waals surface area contributed by atoms with Crippen molar-refractivity contribution in [3.05, 3.63) is 51.4 Å². The van der Waals surface area contributed by atoms with Crippen molar-refractivity contribution in [1.82, 2.24) is 14.9 Å². The normalized spacial score (nSPS) is 14.0. The van der Waals surface area contributed by atoms with Gasteiger partial charge < -0.3 is 25.1 Å². The second-order valence-electron chi connectivity index (χ2n) is 8.47. The smallest absolute Gasteiger partial charge is 0.345 e. The molecule has 0 saturated heterocycles. The number of hydrogen-bond donors (Lipinski definition) is 4. The van der Waals surface area contributed by atoms with E-state index >= 15 is 0 Å². The van der Waals surface area contributed by atoms with Gasteiger partial charge in [-0.3, -0.25) is 4.79 Å². The third kappa shape index (κ3) is 3.61. The molecule has 30 heavy (non-hydrogen) atoms. The molecule has 0 amide bonds. The Kier molecular flexibility index (Phi) is 5.15. The molecule has 0 radical (unpaired) electrons. The Labute approximate surface area is 174 Å². The van der Waals surface area contributed by atoms with Gasteiger partial charge in [0.15, 0.2) is 5.56 Å². The van der Waals surface area contributed by atoms with Crippen LogP contribution in [0, 0.1) is 5.92 Å². The lowest BCUT2D eigenvalue weighted by Gasteiger charge is -2.16. The second-order valence-corrected chi connectivity index (χ2v) is 8.47. The van der Waals surface area contributed by atoms with Gasteiger partial charge in [0.05, 0.1) is 5.69 Å². The fourth-order valence-electron chi connectivity index (χ4n) is 4.05. The van der Waals surface area contributed by atoms with E-state index in [1.54, 1.807) is 0 Å². The molecule has 7 heteroatoms. The number of benzene rings is 1. The van der Waals surface area contributed by atoms with Gasteiger partial charge in [0.25, 0.3) is 5.56 Å². The van der Waals surface area contributed by atoms with Crippen LogP contribution in [-0.4, -0.2) is 32.3 Å². The third-order valence-corrected chi connectivity index (χ3v) is 5.88. The van der Waals surface area contributed by atoms with E-state index in [9.17, 15) is 19.8 Å². The summed E-state index contributed by atoms with van der Waals surface area (Å²) in [4.78, 5) is 26.5. The van der Waals surface area contributed by atoms with Crippen LogP contribution in [-0.2, 0) is 13.6 Å². The fraction of sp³-hybridized carbons (Fsp3) is 0.391. The average molecular weight is 409 g/mol. The number of fused-ring (bicyclic) bond motifs is 1. The molecule has 4 N–H and O–H groups in total. The number of carbonyl (C=O) groups is 1. The summed E-state index contributed by atoms with van der Waals surface area (Å²) in [6, 6.07) is 7.97. The summed E-state index contributed by atoms with van der Waals surface area (Å²) < 4.78 is 2.15. The summed E-state index contributed by atoms with van der Waals surface area (Å²) in [7, 11) is 2.03. The zero-order valence-electron chi connectivity index (χ0n) is 17.5. The minimum atomic E-state index is -1.44. The highest BCUT2D eigenvalue weighted by atomic mass is 16.4. The Morgan fingerprint density at radius 1 is 1.30 bits per heavy atom. The SMILES string of the molecule is CC(C)c1c(-c2ccc3c(c2)cc(CNCC2CC2)n3C)[nH]c(=O)c(C(=O)O)c1O. The average Bonchev–Trinajstić information content (AvgIpc) is 3.44. The number of aromatic carboxylic acids is 1. The maximum absolute atomic E-state index is 12.3. The molecule has 1 aromatic carbocycles. The highest BCUT2D eigenvalue weighted by Gasteiger charge is 2.25. The molecule has 158 valence electrons. The summed E-state index contributed by atoms with van der Waals surface area (Å²) >= 11 is 0. The lowest BCUT2D eigenvalue weighted by Crippen LogP contribution is -2.20. The van der Waals surface area contributed by atoms with E-state index in [0.29, 0.717) is 11.3 Å². The van der Waals surface area contributed by atoms with Crippen LogP contribution in [0.2, 0.25) is 0 Å². The zero-order chi connectivity index (χ0) is 21.6. The van der Waals surface area contributed by atoms with Gasteiger partial charge in [0, 0.05) is 35.8 Å². The van der Waals surface area contributed by atoms with Crippen LogP contribution in [0.25, 0.3) is 22.2 Å². The van der Waals surface area contributed by atoms with Crippen molar-refractivity contribution in [2.75, 3.05) is 6.54 Å². The fourth-order valence-corrected chi connectivity index (χ4v) is 4.05. The summed E-state index contributed by atoms with van der Waals surface area (Å²) in [5.41, 5.74) is 2.43. The lowest BCUT2D eigenvalue weighted by molar-refractivity contribution is 0.0691. The van der Waals surface area contributed by atoms with Crippen molar-refractivity contribution < 1.29 is 15.0 Å². The van der Waals surface area contributed by atoms with E-state index in [1.165, 1.54) is 18.5 Å². The van der Waals surface area contributed by atoms with Crippen LogP contribution >= 0.6 is 0 Å². The van der Waals surface area contributed by atoms with Crippen molar-refractivity contribution in [2.45, 2.75) is 39.2 Å². The Morgan fingerprint density at radius 3 is 2.67 bits per heavy atom. The highest BCUT2D eigenvalue weighted by molar-refractivity contribution is 5.93. The number of carboxylic acids is 1. The van der Waals surface area contributed by atoms with Gasteiger partial charge in [0.1, 0.15) is 5.75 Å². The van der Waals surface area contributed by atoms with Crippen molar-refractivity contribution in [3.8, 4) is 17.0 Å². The van der Waals surface area contributed by atoms with E-state index in [4.69, 9.17) is 0 Å². The maximum Gasteiger partial charge on any atom is 0.345 e. The molecular weight excluding hydrogens is 382 g/mol. The summed E-state index contributed by atoms with van der Waals surface area (Å²) in [6.45, 7) is 5.54. The van der Waals surface area contributed by atoms with Crippen LogP contribution < -0.4 is 10.9 Å². The number of hydrogen-bond acceptors (Lipinski definition) is 4. The minimum absolute atomic E-state index is 0.177. The third-order valence-electron chi connectivity index (χ3n) is 5.88. The number of nitrogens with one attached hydrogen (secondary N) is 2. The first-order valence-electron chi connectivity index (χ1n) is 10.3. The van der Waals surface area contributed by atoms with E-state index in [2.05, 4.69) is 20.9 Å². The van der Waals surface area contributed by atoms with Gasteiger partial charge in [-0.25, -0.2) is 4.79 Å². The van der Waals surface area contributed by atoms with Gasteiger partial charge in [-0.15, -0.1) is 0 Å². The molecule has 0 unspecified atom stereocenters. The number of aromatic nitrogens is 2. The summed E-state index contributed by atoms with van der Waals surface area (Å²) in [5.74, 6) is -1.26. The van der Waals surface area contributed by atoms with Crippen LogP contribution in [0.15, 0.2) is 29.1 Å². The monoisotopic (exact) mass is 409 g/mol. The maximum atomic E-state index is 12.3. The Hall–Kier alpha value is -3.06. The number of rotatable bonds is 7. The molecule has 0 spiro atoms. The second kappa shape index (κ2) is 7.65. The Morgan fingerprint density at radius 2 is 2.03 bits per heavy atom. The summed E-state index contributed by atoms with van der Waals surface area (Å²) in [6.07, 6.45) is 2.63. The first-order valence-corrected chi connectivity index (χ1v) is 10.3. The topological polar surface area (TPSA) is 107 Å². The number of nitrogens with zero attached hydrogens (tertiary/aromatic N) is 1. The largest absolute Gasteiger partial charge is 0.506 e. The highest BCUT2D eigenvalue weighted by Crippen LogP contribution is 2.36. The number of carboxylic acid groups (broad SMARTS) is 1. The standard InChI is InChI=1S/C23H27N3O4/c1-12(2)18-20(25-22(28)19(21(18)27)23(29)30)14-6-7-17-15(8-14)9-16(26(17)3)11-24-10-13-4-5-13/h6-9,12-13,24H,4-5,10-11H2,1-3H3,(H,29,30)(H2,25,27,28). The molecule has 1 saturated carbocycles. The van der Waals surface area contributed by atoms with Gasteiger partial charge in [0.2, 0.25) is 0 Å². The van der Waals surface area contributed by atoms with E-state index in [1.807, 2.05) is 39.1 Å². The predicted molar refractivity (Wildman–Crippen MR) is 116 cm³/mol. The van der Waals surface area contributed by atoms with Gasteiger partial charge in [-0.2, -0.15) is 0 Å². The Bertz CT molecular complexity index is 1190. The zero-order valence-corrected chi connectivity index (χ0v) is 17.5. The van der Waals surface area contributed by atoms with Crippen LogP contribution in [0.1, 0.15) is 54.2 Å². The molecule has 0 bridgehead atoms. The molecule has 3 aromatic rings. The molecule has 0 aliphatic heterocycles. The van der Waals surface area contributed by atoms with Crippen molar-refractivity contribution >= 4 is 16.9 Å². The van der Waals surface area contributed by atoms with Crippen LogP contribution in [0.4, 0.5) is 0 Å². The molecule has 7 nitrogen and oxygen atoms in total. The molecule has 1 aliphatic rings. The number of aryl methyl sites for hydroxylation is 1. The molecule has 2 aromatic heterocycles. The minimum Gasteiger partial charge on any atom is -0.506 e. The van der Waals surface area contributed by atoms with E-state index in [-0.39, 0.29) is 5.92 Å². The molecule has 2 heterocycles. The number of aromatic hydroxyl groups is 1. The van der Waals surface area contributed by atoms with Gasteiger partial charge in [-0.1, -0.05) is 19.9 Å². The van der Waals surface area contributed by atoms with E-state index < -0.39 is 22.8 Å². The van der Waals surface area contributed by atoms with Gasteiger partial charge >= 0.3 is 5.97 Å². The van der Waals surface area contributed by atoms with Crippen molar-refractivity contribution in [1.29, 1.82) is 0 Å². The molecular formula is C23H27N3O4. The van der Waals surface area contributed by atoms with Crippen molar-refractivity contribution in [2.24, 2.45) is 13.0 Å². The number of aromatic amines is 1. The lowest BCUT2D eigenvalue weighted by atomic mass is 9.94. The van der Waals surface area contributed by atoms with E-state index in [0.717, 1.165) is 35.5 Å².